The summed E-state index contributed by atoms with van der Waals surface area (Å²) in [5.41, 5.74) is -0.0323. The van der Waals surface area contributed by atoms with Crippen molar-refractivity contribution < 1.29 is 22.8 Å². The van der Waals surface area contributed by atoms with Gasteiger partial charge in [-0.05, 0) is 11.6 Å². The molecule has 0 atom stereocenters. The van der Waals surface area contributed by atoms with Crippen molar-refractivity contribution in [3.05, 3.63) is 35.4 Å². The predicted molar refractivity (Wildman–Crippen MR) is 85.8 cm³/mol. The number of nitrogens with one attached hydrogen (secondary N) is 2. The molecular formula is C16H21F3N4O2. The van der Waals surface area contributed by atoms with Crippen LogP contribution in [-0.4, -0.2) is 61.5 Å². The number of alkyl halides is 3. The first-order valence-electron chi connectivity index (χ1n) is 7.90. The highest BCUT2D eigenvalue weighted by Crippen LogP contribution is 2.29. The summed E-state index contributed by atoms with van der Waals surface area (Å²) in [7, 11) is 1.43. The number of nitrogens with zero attached hydrogens (tertiary/aromatic N) is 2. The first kappa shape index (κ1) is 19.2. The zero-order valence-electron chi connectivity index (χ0n) is 13.9. The molecule has 0 bridgehead atoms. The maximum atomic E-state index is 12.7. The Morgan fingerprint density at radius 1 is 1.12 bits per heavy atom. The number of amides is 3. The topological polar surface area (TPSA) is 64.7 Å². The summed E-state index contributed by atoms with van der Waals surface area (Å²) in [5.74, 6) is -0.384. The van der Waals surface area contributed by atoms with Gasteiger partial charge in [-0.25, -0.2) is 4.79 Å². The molecule has 0 unspecified atom stereocenters. The van der Waals surface area contributed by atoms with E-state index in [-0.39, 0.29) is 12.5 Å². The van der Waals surface area contributed by atoms with Crippen LogP contribution in [0.25, 0.3) is 0 Å². The maximum absolute atomic E-state index is 12.7. The molecule has 1 aliphatic rings. The summed E-state index contributed by atoms with van der Waals surface area (Å²) in [6.45, 7) is 3.06. The summed E-state index contributed by atoms with van der Waals surface area (Å²) in [4.78, 5) is 26.7. The number of benzene rings is 1. The zero-order chi connectivity index (χ0) is 18.4. The number of carbonyl (C=O) groups excluding carboxylic acids is 2. The number of piperazine rings is 1. The minimum Gasteiger partial charge on any atom is -0.341 e. The molecule has 0 radical (unpaired) electrons. The van der Waals surface area contributed by atoms with E-state index in [1.165, 1.54) is 19.2 Å². The zero-order valence-corrected chi connectivity index (χ0v) is 13.9. The third-order valence-corrected chi connectivity index (χ3v) is 3.97. The lowest BCUT2D eigenvalue weighted by molar-refractivity contribution is -0.137. The van der Waals surface area contributed by atoms with E-state index in [0.29, 0.717) is 38.3 Å². The standard InChI is InChI=1S/C16H21F3N4O2/c1-20-15(25)21-14(24)11-23-7-5-22(6-8-23)10-12-3-2-4-13(9-12)16(17,18)19/h2-4,9H,5-8,10-11H2,1H3,(H2,20,21,24,25). The minimum atomic E-state index is -4.34. The van der Waals surface area contributed by atoms with E-state index in [1.807, 2.05) is 9.80 Å². The van der Waals surface area contributed by atoms with E-state index < -0.39 is 17.8 Å². The second-order valence-corrected chi connectivity index (χ2v) is 5.88. The average Bonchev–Trinajstić information content (AvgIpc) is 2.56. The van der Waals surface area contributed by atoms with Gasteiger partial charge < -0.3 is 5.32 Å². The molecule has 0 aromatic heterocycles. The van der Waals surface area contributed by atoms with Gasteiger partial charge in [-0.1, -0.05) is 18.2 Å². The van der Waals surface area contributed by atoms with Crippen LogP contribution in [0, 0.1) is 0 Å². The van der Waals surface area contributed by atoms with Gasteiger partial charge in [0, 0.05) is 39.8 Å². The van der Waals surface area contributed by atoms with Gasteiger partial charge in [0.25, 0.3) is 0 Å². The Hall–Kier alpha value is -2.13. The van der Waals surface area contributed by atoms with Crippen LogP contribution in [0.5, 0.6) is 0 Å². The van der Waals surface area contributed by atoms with Crippen molar-refractivity contribution in [1.82, 2.24) is 20.4 Å². The molecule has 1 aliphatic heterocycles. The van der Waals surface area contributed by atoms with E-state index in [2.05, 4.69) is 10.6 Å². The molecule has 6 nitrogen and oxygen atoms in total. The van der Waals surface area contributed by atoms with E-state index in [9.17, 15) is 22.8 Å². The largest absolute Gasteiger partial charge is 0.416 e. The van der Waals surface area contributed by atoms with Gasteiger partial charge in [0.15, 0.2) is 0 Å². The molecule has 2 N–H and O–H groups in total. The van der Waals surface area contributed by atoms with Crippen LogP contribution in [0.1, 0.15) is 11.1 Å². The van der Waals surface area contributed by atoms with Crippen molar-refractivity contribution in [2.24, 2.45) is 0 Å². The highest BCUT2D eigenvalue weighted by Gasteiger charge is 2.30. The normalized spacial score (nSPS) is 16.5. The van der Waals surface area contributed by atoms with Crippen LogP contribution in [-0.2, 0) is 17.5 Å². The van der Waals surface area contributed by atoms with Crippen LogP contribution < -0.4 is 10.6 Å². The highest BCUT2D eigenvalue weighted by molar-refractivity contribution is 5.95. The maximum Gasteiger partial charge on any atom is 0.416 e. The number of halogens is 3. The van der Waals surface area contributed by atoms with Crippen molar-refractivity contribution in [3.8, 4) is 0 Å². The first-order valence-corrected chi connectivity index (χ1v) is 7.90. The lowest BCUT2D eigenvalue weighted by atomic mass is 10.1. The predicted octanol–water partition coefficient (Wildman–Crippen LogP) is 1.28. The van der Waals surface area contributed by atoms with Crippen LogP contribution in [0.4, 0.5) is 18.0 Å². The van der Waals surface area contributed by atoms with E-state index in [1.54, 1.807) is 6.07 Å². The van der Waals surface area contributed by atoms with Crippen molar-refractivity contribution in [3.63, 3.8) is 0 Å². The average molecular weight is 358 g/mol. The van der Waals surface area contributed by atoms with Crippen molar-refractivity contribution >= 4 is 11.9 Å². The molecule has 0 aliphatic carbocycles. The third kappa shape index (κ3) is 6.02. The summed E-state index contributed by atoms with van der Waals surface area (Å²) in [6, 6.07) is 4.78. The Morgan fingerprint density at radius 2 is 1.76 bits per heavy atom. The summed E-state index contributed by atoms with van der Waals surface area (Å²) < 4.78 is 38.2. The number of rotatable bonds is 4. The number of imide groups is 1. The fraction of sp³-hybridized carbons (Fsp3) is 0.500. The van der Waals surface area contributed by atoms with Gasteiger partial charge in [0.2, 0.25) is 5.91 Å². The number of hydrogen-bond acceptors (Lipinski definition) is 4. The SMILES string of the molecule is CNC(=O)NC(=O)CN1CCN(Cc2cccc(C(F)(F)F)c2)CC1. The molecule has 3 amide bonds. The third-order valence-electron chi connectivity index (χ3n) is 3.97. The molecule has 1 fully saturated rings. The fourth-order valence-corrected chi connectivity index (χ4v) is 2.64. The molecule has 0 saturated carbocycles. The van der Waals surface area contributed by atoms with Crippen LogP contribution in [0.15, 0.2) is 24.3 Å². The molecule has 1 saturated heterocycles. The number of urea groups is 1. The molecule has 1 heterocycles. The minimum absolute atomic E-state index is 0.116. The van der Waals surface area contributed by atoms with Gasteiger partial charge in [0.1, 0.15) is 0 Å². The molecule has 0 spiro atoms. The van der Waals surface area contributed by atoms with Gasteiger partial charge in [-0.3, -0.25) is 19.9 Å². The first-order chi connectivity index (χ1) is 11.8. The Labute approximate surface area is 144 Å². The molecule has 2 rings (SSSR count). The van der Waals surface area contributed by atoms with E-state index in [4.69, 9.17) is 0 Å². The van der Waals surface area contributed by atoms with Crippen molar-refractivity contribution in [2.75, 3.05) is 39.8 Å². The lowest BCUT2D eigenvalue weighted by Crippen LogP contribution is -2.50. The van der Waals surface area contributed by atoms with Crippen molar-refractivity contribution in [2.45, 2.75) is 12.7 Å². The number of hydrogen-bond donors (Lipinski definition) is 2. The molecule has 138 valence electrons. The van der Waals surface area contributed by atoms with Crippen LogP contribution in [0.3, 0.4) is 0 Å². The van der Waals surface area contributed by atoms with Crippen molar-refractivity contribution in [1.29, 1.82) is 0 Å². The lowest BCUT2D eigenvalue weighted by Gasteiger charge is -2.34. The molecular weight excluding hydrogens is 337 g/mol. The number of carbonyl (C=O) groups is 2. The molecule has 25 heavy (non-hydrogen) atoms. The Bertz CT molecular complexity index is 614. The second kappa shape index (κ2) is 8.30. The van der Waals surface area contributed by atoms with Gasteiger partial charge in [-0.15, -0.1) is 0 Å². The Balaban J connectivity index is 1.81. The van der Waals surface area contributed by atoms with Gasteiger partial charge in [-0.2, -0.15) is 13.2 Å². The highest BCUT2D eigenvalue weighted by atomic mass is 19.4. The van der Waals surface area contributed by atoms with Crippen LogP contribution >= 0.6 is 0 Å². The quantitative estimate of drug-likeness (QED) is 0.851. The second-order valence-electron chi connectivity index (χ2n) is 5.88. The van der Waals surface area contributed by atoms with Crippen LogP contribution in [0.2, 0.25) is 0 Å². The summed E-state index contributed by atoms with van der Waals surface area (Å²) in [5, 5.41) is 4.50. The molecule has 9 heteroatoms. The summed E-state index contributed by atoms with van der Waals surface area (Å²) in [6.07, 6.45) is -4.34. The van der Waals surface area contributed by atoms with Gasteiger partial charge in [0.05, 0.1) is 12.1 Å². The molecule has 1 aromatic carbocycles. The smallest absolute Gasteiger partial charge is 0.341 e. The molecule has 1 aromatic rings. The fourth-order valence-electron chi connectivity index (χ4n) is 2.64. The van der Waals surface area contributed by atoms with Gasteiger partial charge >= 0.3 is 12.2 Å². The monoisotopic (exact) mass is 358 g/mol. The summed E-state index contributed by atoms with van der Waals surface area (Å²) >= 11 is 0. The van der Waals surface area contributed by atoms with E-state index in [0.717, 1.165) is 6.07 Å². The van der Waals surface area contributed by atoms with E-state index >= 15 is 0 Å². The Morgan fingerprint density at radius 3 is 2.36 bits per heavy atom. The Kier molecular flexibility index (Phi) is 6.38.